The Morgan fingerprint density at radius 2 is 1.85 bits per heavy atom. The number of unbranched alkanes of at least 4 members (excludes halogenated alkanes) is 1. The number of benzene rings is 1. The second-order valence-corrected chi connectivity index (χ2v) is 10.6. The number of nitrogens with zero attached hydrogens (tertiary/aromatic N) is 5. The van der Waals surface area contributed by atoms with Gasteiger partial charge in [-0.25, -0.2) is 9.97 Å². The Balaban J connectivity index is 1.26. The Hall–Kier alpha value is -3.98. The molecule has 1 aliphatic heterocycles. The van der Waals surface area contributed by atoms with Crippen molar-refractivity contribution in [3.05, 3.63) is 60.6 Å². The molecule has 0 bridgehead atoms. The van der Waals surface area contributed by atoms with Crippen LogP contribution in [0.3, 0.4) is 0 Å². The first kappa shape index (κ1) is 27.6. The third-order valence-electron chi connectivity index (χ3n) is 7.58. The Morgan fingerprint density at radius 3 is 2.65 bits per heavy atom. The maximum absolute atomic E-state index is 13.0. The minimum Gasteiger partial charge on any atom is -0.493 e. The van der Waals surface area contributed by atoms with Crippen LogP contribution in [-0.2, 0) is 0 Å². The summed E-state index contributed by atoms with van der Waals surface area (Å²) in [6, 6.07) is 13.5. The molecule has 9 heteroatoms. The first-order valence-electron chi connectivity index (χ1n) is 14.3. The number of anilines is 2. The van der Waals surface area contributed by atoms with Crippen molar-refractivity contribution in [2.45, 2.75) is 39.5 Å². The molecule has 1 aromatic carbocycles. The van der Waals surface area contributed by atoms with E-state index in [-0.39, 0.29) is 5.91 Å². The zero-order valence-corrected chi connectivity index (χ0v) is 23.7. The van der Waals surface area contributed by atoms with Crippen molar-refractivity contribution >= 4 is 28.4 Å². The number of hydrogen-bond acceptors (Lipinski definition) is 7. The molecular weight excluding hydrogens is 502 g/mol. The number of carbonyl (C=O) groups is 1. The summed E-state index contributed by atoms with van der Waals surface area (Å²) in [5, 5.41) is 4.25. The van der Waals surface area contributed by atoms with E-state index in [2.05, 4.69) is 46.1 Å². The summed E-state index contributed by atoms with van der Waals surface area (Å²) in [7, 11) is 2.08. The molecule has 0 spiro atoms. The molecule has 1 amide bonds. The van der Waals surface area contributed by atoms with Gasteiger partial charge < -0.3 is 24.8 Å². The second kappa shape index (κ2) is 12.9. The molecule has 40 heavy (non-hydrogen) atoms. The highest BCUT2D eigenvalue weighted by Gasteiger charge is 2.21. The number of amides is 1. The van der Waals surface area contributed by atoms with Crippen LogP contribution in [0.1, 0.15) is 50.0 Å². The summed E-state index contributed by atoms with van der Waals surface area (Å²) in [4.78, 5) is 34.1. The number of piperazine rings is 1. The van der Waals surface area contributed by atoms with Gasteiger partial charge in [-0.15, -0.1) is 0 Å². The van der Waals surface area contributed by atoms with Crippen LogP contribution < -0.4 is 10.1 Å². The number of hydrogen-bond donors (Lipinski definition) is 2. The van der Waals surface area contributed by atoms with E-state index in [1.54, 1.807) is 12.4 Å². The number of rotatable bonds is 11. The van der Waals surface area contributed by atoms with Gasteiger partial charge in [0.25, 0.3) is 5.91 Å². The molecule has 1 aliphatic rings. The molecule has 3 aromatic heterocycles. The van der Waals surface area contributed by atoms with Gasteiger partial charge in [-0.05, 0) is 55.8 Å². The standard InChI is InChI=1S/C31H39N7O2/c1-4-6-7-22(5-2)21-40-25-10-12-32-28(20-25)27-11-13-33-31(36-27)34-24-8-9-26-23(18-24)19-29(35-26)30(39)38-16-14-37(3)15-17-38/h8-13,18-20,22,35H,4-7,14-17,21H2,1-3H3,(H,33,34,36). The summed E-state index contributed by atoms with van der Waals surface area (Å²) in [6.45, 7) is 8.43. The molecule has 0 radical (unpaired) electrons. The zero-order valence-electron chi connectivity index (χ0n) is 23.7. The molecule has 1 saturated heterocycles. The first-order chi connectivity index (χ1) is 19.5. The maximum Gasteiger partial charge on any atom is 0.270 e. The van der Waals surface area contributed by atoms with Crippen LogP contribution in [0, 0.1) is 5.92 Å². The molecule has 9 nitrogen and oxygen atoms in total. The lowest BCUT2D eigenvalue weighted by atomic mass is 10.0. The predicted octanol–water partition coefficient (Wildman–Crippen LogP) is 5.75. The highest BCUT2D eigenvalue weighted by atomic mass is 16.5. The second-order valence-electron chi connectivity index (χ2n) is 10.6. The van der Waals surface area contributed by atoms with E-state index in [4.69, 9.17) is 9.72 Å². The summed E-state index contributed by atoms with van der Waals surface area (Å²) in [5.41, 5.74) is 3.81. The van der Waals surface area contributed by atoms with Crippen LogP contribution in [0.2, 0.25) is 0 Å². The van der Waals surface area contributed by atoms with E-state index >= 15 is 0 Å². The van der Waals surface area contributed by atoms with Crippen LogP contribution in [0.15, 0.2) is 54.9 Å². The topological polar surface area (TPSA) is 99.3 Å². The first-order valence-corrected chi connectivity index (χ1v) is 14.3. The van der Waals surface area contributed by atoms with Gasteiger partial charge in [0.15, 0.2) is 0 Å². The fraction of sp³-hybridized carbons (Fsp3) is 0.419. The lowest BCUT2D eigenvalue weighted by Gasteiger charge is -2.32. The molecule has 1 unspecified atom stereocenters. The molecule has 2 N–H and O–H groups in total. The molecule has 0 saturated carbocycles. The zero-order chi connectivity index (χ0) is 27.9. The Morgan fingerprint density at radius 1 is 1.02 bits per heavy atom. The van der Waals surface area contributed by atoms with Crippen LogP contribution >= 0.6 is 0 Å². The smallest absolute Gasteiger partial charge is 0.270 e. The summed E-state index contributed by atoms with van der Waals surface area (Å²) in [5.74, 6) is 1.87. The molecular formula is C31H39N7O2. The van der Waals surface area contributed by atoms with Crippen LogP contribution in [0.5, 0.6) is 5.75 Å². The van der Waals surface area contributed by atoms with E-state index in [0.717, 1.165) is 60.6 Å². The van der Waals surface area contributed by atoms with E-state index in [1.807, 2.05) is 47.4 Å². The molecule has 210 valence electrons. The lowest BCUT2D eigenvalue weighted by molar-refractivity contribution is 0.0659. The van der Waals surface area contributed by atoms with Gasteiger partial charge in [0.1, 0.15) is 11.4 Å². The van der Waals surface area contributed by atoms with Crippen molar-refractivity contribution in [3.63, 3.8) is 0 Å². The molecule has 4 aromatic rings. The molecule has 1 fully saturated rings. The number of carbonyl (C=O) groups excluding carboxylic acids is 1. The minimum atomic E-state index is 0.0414. The third kappa shape index (κ3) is 6.77. The minimum absolute atomic E-state index is 0.0414. The van der Waals surface area contributed by atoms with Crippen LogP contribution in [0.4, 0.5) is 11.6 Å². The molecule has 5 rings (SSSR count). The highest BCUT2D eigenvalue weighted by molar-refractivity contribution is 5.98. The van der Waals surface area contributed by atoms with Gasteiger partial charge in [-0.3, -0.25) is 9.78 Å². The SMILES string of the molecule is CCCCC(CC)COc1ccnc(-c2ccnc(Nc3ccc4[nH]c(C(=O)N5CCN(C)CC5)cc4c3)n2)c1. The van der Waals surface area contributed by atoms with Crippen molar-refractivity contribution in [2.75, 3.05) is 45.2 Å². The third-order valence-corrected chi connectivity index (χ3v) is 7.58. The van der Waals surface area contributed by atoms with Crippen LogP contribution in [0.25, 0.3) is 22.3 Å². The average Bonchev–Trinajstić information content (AvgIpc) is 3.41. The number of H-pyrrole nitrogens is 1. The number of aromatic amines is 1. The van der Waals surface area contributed by atoms with Crippen LogP contribution in [-0.4, -0.2) is 75.5 Å². The van der Waals surface area contributed by atoms with Crippen molar-refractivity contribution < 1.29 is 9.53 Å². The summed E-state index contributed by atoms with van der Waals surface area (Å²) >= 11 is 0. The Labute approximate surface area is 236 Å². The molecule has 1 atom stereocenters. The number of aromatic nitrogens is 4. The van der Waals surface area contributed by atoms with E-state index in [0.29, 0.717) is 29.9 Å². The van der Waals surface area contributed by atoms with Crippen molar-refractivity contribution in [3.8, 4) is 17.1 Å². The van der Waals surface area contributed by atoms with Gasteiger partial charge in [0, 0.05) is 61.2 Å². The number of fused-ring (bicyclic) bond motifs is 1. The highest BCUT2D eigenvalue weighted by Crippen LogP contribution is 2.25. The van der Waals surface area contributed by atoms with Crippen molar-refractivity contribution in [2.24, 2.45) is 5.92 Å². The van der Waals surface area contributed by atoms with Crippen molar-refractivity contribution in [1.29, 1.82) is 0 Å². The van der Waals surface area contributed by atoms with E-state index in [1.165, 1.54) is 19.3 Å². The van der Waals surface area contributed by atoms with Gasteiger partial charge in [-0.2, -0.15) is 0 Å². The van der Waals surface area contributed by atoms with Crippen molar-refractivity contribution in [1.82, 2.24) is 29.7 Å². The van der Waals surface area contributed by atoms with E-state index < -0.39 is 0 Å². The average molecular weight is 542 g/mol. The molecule has 4 heterocycles. The van der Waals surface area contributed by atoms with E-state index in [9.17, 15) is 4.79 Å². The number of pyridine rings is 1. The largest absolute Gasteiger partial charge is 0.493 e. The molecule has 0 aliphatic carbocycles. The van der Waals surface area contributed by atoms with Gasteiger partial charge in [-0.1, -0.05) is 33.1 Å². The fourth-order valence-electron chi connectivity index (χ4n) is 4.95. The number of likely N-dealkylation sites (N-methyl/N-ethyl adjacent to an activating group) is 1. The summed E-state index contributed by atoms with van der Waals surface area (Å²) in [6.07, 6.45) is 8.21. The Kier molecular flexibility index (Phi) is 8.91. The lowest BCUT2D eigenvalue weighted by Crippen LogP contribution is -2.47. The Bertz CT molecular complexity index is 1430. The predicted molar refractivity (Wildman–Crippen MR) is 159 cm³/mol. The quantitative estimate of drug-likeness (QED) is 0.250. The summed E-state index contributed by atoms with van der Waals surface area (Å²) < 4.78 is 6.12. The van der Waals surface area contributed by atoms with Gasteiger partial charge >= 0.3 is 0 Å². The number of nitrogens with one attached hydrogen (secondary N) is 2. The normalized spacial score (nSPS) is 14.8. The number of ether oxygens (including phenoxy) is 1. The van der Waals surface area contributed by atoms with Gasteiger partial charge in [0.2, 0.25) is 5.95 Å². The van der Waals surface area contributed by atoms with Gasteiger partial charge in [0.05, 0.1) is 18.0 Å². The maximum atomic E-state index is 13.0. The fourth-order valence-corrected chi connectivity index (χ4v) is 4.95. The monoisotopic (exact) mass is 541 g/mol.